The molecule has 1 aliphatic heterocycles. The number of aliphatic hydroxyl groups is 1. The quantitative estimate of drug-likeness (QED) is 0.184. The Labute approximate surface area is 230 Å². The van der Waals surface area contributed by atoms with Crippen LogP contribution in [0.4, 0.5) is 0 Å². The second-order valence-corrected chi connectivity index (χ2v) is 8.98. The summed E-state index contributed by atoms with van der Waals surface area (Å²) >= 11 is 6.32. The van der Waals surface area contributed by atoms with E-state index < -0.39 is 29.5 Å². The van der Waals surface area contributed by atoms with E-state index in [-0.39, 0.29) is 28.5 Å². The van der Waals surface area contributed by atoms with Crippen LogP contribution in [-0.4, -0.2) is 56.1 Å². The molecule has 1 amide bonds. The van der Waals surface area contributed by atoms with Crippen LogP contribution in [-0.2, 0) is 20.9 Å². The van der Waals surface area contributed by atoms with E-state index >= 15 is 0 Å². The summed E-state index contributed by atoms with van der Waals surface area (Å²) in [4.78, 5) is 40.0. The highest BCUT2D eigenvalue weighted by atomic mass is 35.5. The van der Waals surface area contributed by atoms with Crippen LogP contribution >= 0.6 is 11.6 Å². The Kier molecular flexibility index (Phi) is 8.11. The van der Waals surface area contributed by atoms with Crippen LogP contribution in [0.2, 0.25) is 5.02 Å². The molecule has 1 unspecified atom stereocenters. The molecule has 1 saturated heterocycles. The maximum absolute atomic E-state index is 13.4. The van der Waals surface area contributed by atoms with Gasteiger partial charge < -0.3 is 29.0 Å². The lowest BCUT2D eigenvalue weighted by molar-refractivity contribution is -0.140. The highest BCUT2D eigenvalue weighted by molar-refractivity contribution is 6.46. The molecule has 9 nitrogen and oxygen atoms in total. The van der Waals surface area contributed by atoms with E-state index in [1.165, 1.54) is 45.5 Å². The van der Waals surface area contributed by atoms with Gasteiger partial charge in [0.1, 0.15) is 23.0 Å². The number of ketones is 1. The van der Waals surface area contributed by atoms with Gasteiger partial charge in [-0.1, -0.05) is 35.9 Å². The Balaban J connectivity index is 1.85. The molecule has 39 heavy (non-hydrogen) atoms. The van der Waals surface area contributed by atoms with Gasteiger partial charge in [0.15, 0.2) is 0 Å². The molecule has 0 aliphatic carbocycles. The molecule has 3 aromatic carbocycles. The van der Waals surface area contributed by atoms with Gasteiger partial charge in [0.2, 0.25) is 0 Å². The van der Waals surface area contributed by atoms with Gasteiger partial charge in [-0.25, -0.2) is 4.79 Å². The number of ether oxygens (including phenoxy) is 4. The van der Waals surface area contributed by atoms with E-state index in [2.05, 4.69) is 0 Å². The molecule has 0 bridgehead atoms. The van der Waals surface area contributed by atoms with Crippen LogP contribution < -0.4 is 14.2 Å². The third-order valence-corrected chi connectivity index (χ3v) is 6.72. The van der Waals surface area contributed by atoms with Crippen LogP contribution in [0, 0.1) is 0 Å². The summed E-state index contributed by atoms with van der Waals surface area (Å²) in [7, 11) is 5.65. The van der Waals surface area contributed by atoms with E-state index in [0.29, 0.717) is 28.2 Å². The lowest BCUT2D eigenvalue weighted by atomic mass is 9.94. The van der Waals surface area contributed by atoms with Crippen LogP contribution in [0.15, 0.2) is 66.2 Å². The van der Waals surface area contributed by atoms with E-state index in [9.17, 15) is 19.5 Å². The van der Waals surface area contributed by atoms with Crippen LogP contribution in [0.3, 0.4) is 0 Å². The highest BCUT2D eigenvalue weighted by Gasteiger charge is 2.46. The van der Waals surface area contributed by atoms with Crippen molar-refractivity contribution in [1.29, 1.82) is 0 Å². The number of methoxy groups -OCH3 is 4. The maximum atomic E-state index is 13.4. The number of carbonyl (C=O) groups is 3. The number of rotatable bonds is 8. The fourth-order valence-electron chi connectivity index (χ4n) is 4.43. The number of carbonyl (C=O) groups excluding carboxylic acids is 3. The minimum absolute atomic E-state index is 0.0278. The topological polar surface area (TPSA) is 112 Å². The van der Waals surface area contributed by atoms with E-state index in [1.54, 1.807) is 48.5 Å². The number of nitrogens with zero attached hydrogens (tertiary/aromatic N) is 1. The van der Waals surface area contributed by atoms with Gasteiger partial charge in [-0.15, -0.1) is 0 Å². The summed E-state index contributed by atoms with van der Waals surface area (Å²) in [5.74, 6) is -1.51. The normalized spacial score (nSPS) is 16.2. The van der Waals surface area contributed by atoms with Gasteiger partial charge in [-0.05, 0) is 41.5 Å². The SMILES string of the molecule is COC(=O)c1ccc(CN2C(=O)C(=O)/C(=C(/O)c3cc(Cl)c(OC)cc3OC)C2c2ccc(OC)cc2)cc1. The first kappa shape index (κ1) is 27.5. The van der Waals surface area contributed by atoms with Crippen molar-refractivity contribution in [1.82, 2.24) is 4.90 Å². The van der Waals surface area contributed by atoms with Crippen molar-refractivity contribution in [3.8, 4) is 17.2 Å². The molecule has 1 N–H and O–H groups in total. The molecule has 3 aromatic rings. The van der Waals surface area contributed by atoms with E-state index in [4.69, 9.17) is 30.5 Å². The van der Waals surface area contributed by atoms with E-state index in [0.717, 1.165) is 0 Å². The first-order valence-corrected chi connectivity index (χ1v) is 12.1. The predicted molar refractivity (Wildman–Crippen MR) is 143 cm³/mol. The molecule has 202 valence electrons. The zero-order chi connectivity index (χ0) is 28.3. The fourth-order valence-corrected chi connectivity index (χ4v) is 4.67. The molecular formula is C29H26ClNO8. The van der Waals surface area contributed by atoms with Crippen molar-refractivity contribution in [2.45, 2.75) is 12.6 Å². The van der Waals surface area contributed by atoms with E-state index in [1.807, 2.05) is 0 Å². The first-order valence-electron chi connectivity index (χ1n) is 11.8. The molecule has 10 heteroatoms. The summed E-state index contributed by atoms with van der Waals surface area (Å²) in [5, 5.41) is 11.7. The summed E-state index contributed by atoms with van der Waals surface area (Å²) in [6.07, 6.45) is 0. The standard InChI is InChI=1S/C29H26ClNO8/c1-36-19-11-9-17(10-12-19)25-24(26(32)20-13-21(30)23(38-3)14-22(20)37-2)27(33)28(34)31(25)15-16-5-7-18(8-6-16)29(35)39-4/h5-14,25,32H,15H2,1-4H3/b26-24+. The largest absolute Gasteiger partial charge is 0.507 e. The number of esters is 1. The van der Waals surface area contributed by atoms with Crippen molar-refractivity contribution in [2.24, 2.45) is 0 Å². The van der Waals surface area contributed by atoms with Crippen molar-refractivity contribution in [3.63, 3.8) is 0 Å². The molecule has 0 spiro atoms. The molecular weight excluding hydrogens is 526 g/mol. The predicted octanol–water partition coefficient (Wildman–Crippen LogP) is 4.77. The Morgan fingerprint density at radius 1 is 0.897 bits per heavy atom. The van der Waals surface area contributed by atoms with Crippen molar-refractivity contribution in [2.75, 3.05) is 28.4 Å². The fraction of sp³-hybridized carbons (Fsp3) is 0.207. The van der Waals surface area contributed by atoms with Crippen molar-refractivity contribution in [3.05, 3.63) is 93.5 Å². The molecule has 1 heterocycles. The second-order valence-electron chi connectivity index (χ2n) is 8.58. The third-order valence-electron chi connectivity index (χ3n) is 6.43. The monoisotopic (exact) mass is 551 g/mol. The van der Waals surface area contributed by atoms with Gasteiger partial charge in [0, 0.05) is 12.6 Å². The first-order chi connectivity index (χ1) is 18.7. The summed E-state index contributed by atoms with van der Waals surface area (Å²) < 4.78 is 20.6. The van der Waals surface area contributed by atoms with Crippen molar-refractivity contribution < 1.29 is 38.4 Å². The minimum Gasteiger partial charge on any atom is -0.507 e. The molecule has 0 radical (unpaired) electrons. The summed E-state index contributed by atoms with van der Waals surface area (Å²) in [5.41, 5.74) is 1.58. The zero-order valence-electron chi connectivity index (χ0n) is 21.7. The van der Waals surface area contributed by atoms with Crippen LogP contribution in [0.25, 0.3) is 5.76 Å². The lowest BCUT2D eigenvalue weighted by Crippen LogP contribution is -2.29. The number of Topliss-reactive ketones (excluding diaryl/α,β-unsaturated/α-hetero) is 1. The second kappa shape index (κ2) is 11.5. The number of benzene rings is 3. The van der Waals surface area contributed by atoms with Crippen LogP contribution in [0.5, 0.6) is 17.2 Å². The number of amides is 1. The number of halogens is 1. The average molecular weight is 552 g/mol. The van der Waals surface area contributed by atoms with Gasteiger partial charge in [-0.2, -0.15) is 0 Å². The Morgan fingerprint density at radius 3 is 2.10 bits per heavy atom. The number of aliphatic hydroxyl groups excluding tert-OH is 1. The maximum Gasteiger partial charge on any atom is 0.337 e. The average Bonchev–Trinajstić information content (AvgIpc) is 3.21. The smallest absolute Gasteiger partial charge is 0.337 e. The minimum atomic E-state index is -0.943. The molecule has 0 saturated carbocycles. The van der Waals surface area contributed by atoms with Gasteiger partial charge in [0.25, 0.3) is 11.7 Å². The molecule has 1 atom stereocenters. The van der Waals surface area contributed by atoms with Gasteiger partial charge in [0.05, 0.1) is 56.2 Å². The number of likely N-dealkylation sites (tertiary alicyclic amines) is 1. The van der Waals surface area contributed by atoms with Gasteiger partial charge >= 0.3 is 5.97 Å². The van der Waals surface area contributed by atoms with Gasteiger partial charge in [-0.3, -0.25) is 9.59 Å². The summed E-state index contributed by atoms with van der Waals surface area (Å²) in [6.45, 7) is 0.0278. The summed E-state index contributed by atoms with van der Waals surface area (Å²) in [6, 6.07) is 15.3. The molecule has 0 aromatic heterocycles. The number of hydrogen-bond donors (Lipinski definition) is 1. The molecule has 4 rings (SSSR count). The molecule has 1 fully saturated rings. The highest BCUT2D eigenvalue weighted by Crippen LogP contribution is 2.43. The lowest BCUT2D eigenvalue weighted by Gasteiger charge is -2.26. The Bertz CT molecular complexity index is 1450. The number of hydrogen-bond acceptors (Lipinski definition) is 8. The zero-order valence-corrected chi connectivity index (χ0v) is 22.4. The van der Waals surface area contributed by atoms with Crippen LogP contribution in [0.1, 0.15) is 33.1 Å². The Hall–Kier alpha value is -4.50. The molecule has 1 aliphatic rings. The third kappa shape index (κ3) is 5.26. The Morgan fingerprint density at radius 2 is 1.54 bits per heavy atom. The van der Waals surface area contributed by atoms with Crippen molar-refractivity contribution >= 4 is 35.0 Å².